The monoisotopic (exact) mass is 265 g/mol. The molecular weight excluding hydrogens is 250 g/mol. The number of nitrogens with zero attached hydrogens (tertiary/aromatic N) is 1. The molecule has 0 atom stereocenters. The average molecular weight is 265 g/mol. The molecule has 0 aliphatic carbocycles. The van der Waals surface area contributed by atoms with Gasteiger partial charge >= 0.3 is 0 Å². The number of amides is 1. The molecule has 0 aliphatic heterocycles. The summed E-state index contributed by atoms with van der Waals surface area (Å²) in [4.78, 5) is 17.7. The normalized spacial score (nSPS) is 10.7. The first-order valence-electron chi connectivity index (χ1n) is 5.47. The molecule has 0 unspecified atom stereocenters. The van der Waals surface area contributed by atoms with E-state index in [1.54, 1.807) is 14.2 Å². The quantitative estimate of drug-likeness (QED) is 0.801. The van der Waals surface area contributed by atoms with Crippen LogP contribution < -0.4 is 4.74 Å². The highest BCUT2D eigenvalue weighted by molar-refractivity contribution is 7.21. The largest absolute Gasteiger partial charge is 0.497 e. The maximum absolute atomic E-state index is 12.1. The van der Waals surface area contributed by atoms with Gasteiger partial charge in [0.1, 0.15) is 5.75 Å². The first-order valence-corrected chi connectivity index (χ1v) is 6.29. The summed E-state index contributed by atoms with van der Waals surface area (Å²) in [7, 11) is 4.71. The smallest absolute Gasteiger partial charge is 0.287 e. The van der Waals surface area contributed by atoms with Crippen LogP contribution in [0.15, 0.2) is 18.2 Å². The van der Waals surface area contributed by atoms with Gasteiger partial charge in [0.05, 0.1) is 19.1 Å². The number of hydrogen-bond donors (Lipinski definition) is 0. The molecule has 0 spiro atoms. The Kier molecular flexibility index (Phi) is 3.54. The highest BCUT2D eigenvalue weighted by Crippen LogP contribution is 2.33. The average Bonchev–Trinajstić information content (AvgIpc) is 2.73. The van der Waals surface area contributed by atoms with Crippen LogP contribution in [0.25, 0.3) is 10.1 Å². The van der Waals surface area contributed by atoms with E-state index >= 15 is 0 Å². The van der Waals surface area contributed by atoms with Crippen molar-refractivity contribution in [3.8, 4) is 5.75 Å². The summed E-state index contributed by atoms with van der Waals surface area (Å²) in [5.74, 6) is 0.665. The molecule has 4 nitrogen and oxygen atoms in total. The topological polar surface area (TPSA) is 38.8 Å². The first-order chi connectivity index (χ1) is 8.58. The summed E-state index contributed by atoms with van der Waals surface area (Å²) in [5, 5.41) is 2.31. The van der Waals surface area contributed by atoms with Crippen LogP contribution in [0, 0.1) is 6.92 Å². The lowest BCUT2D eigenvalue weighted by Crippen LogP contribution is -2.25. The molecule has 0 N–H and O–H groups in total. The third-order valence-corrected chi connectivity index (χ3v) is 4.14. The Morgan fingerprint density at radius 1 is 1.33 bits per heavy atom. The molecule has 0 radical (unpaired) electrons. The number of carbonyl (C=O) groups excluding carboxylic acids is 1. The second-order valence-electron chi connectivity index (χ2n) is 3.90. The van der Waals surface area contributed by atoms with E-state index in [9.17, 15) is 4.79 Å². The van der Waals surface area contributed by atoms with Gasteiger partial charge in [0.25, 0.3) is 5.91 Å². The van der Waals surface area contributed by atoms with Crippen LogP contribution in [0.2, 0.25) is 0 Å². The molecule has 2 rings (SSSR count). The van der Waals surface area contributed by atoms with Crippen molar-refractivity contribution in [1.29, 1.82) is 0 Å². The Morgan fingerprint density at radius 3 is 2.67 bits per heavy atom. The second kappa shape index (κ2) is 4.96. The van der Waals surface area contributed by atoms with Crippen LogP contribution in [0.5, 0.6) is 5.75 Å². The lowest BCUT2D eigenvalue weighted by atomic mass is 10.1. The van der Waals surface area contributed by atoms with E-state index in [1.807, 2.05) is 25.1 Å². The first kappa shape index (κ1) is 12.9. The number of aryl methyl sites for hydroxylation is 1. The molecule has 0 saturated heterocycles. The Balaban J connectivity index is 2.53. The van der Waals surface area contributed by atoms with E-state index < -0.39 is 0 Å². The zero-order chi connectivity index (χ0) is 13.3. The third-order valence-electron chi connectivity index (χ3n) is 2.90. The molecule has 96 valence electrons. The summed E-state index contributed by atoms with van der Waals surface area (Å²) < 4.78 is 6.23. The van der Waals surface area contributed by atoms with Gasteiger partial charge in [0.15, 0.2) is 0 Å². The number of benzene rings is 1. The van der Waals surface area contributed by atoms with Gasteiger partial charge in [-0.25, -0.2) is 5.06 Å². The number of ether oxygens (including phenoxy) is 1. The van der Waals surface area contributed by atoms with E-state index in [0.29, 0.717) is 4.88 Å². The molecule has 0 saturated carbocycles. The van der Waals surface area contributed by atoms with Crippen molar-refractivity contribution in [3.63, 3.8) is 0 Å². The summed E-state index contributed by atoms with van der Waals surface area (Å²) in [6, 6.07) is 5.82. The van der Waals surface area contributed by atoms with Crippen molar-refractivity contribution >= 4 is 27.3 Å². The lowest BCUT2D eigenvalue weighted by molar-refractivity contribution is -0.0754. The fourth-order valence-corrected chi connectivity index (χ4v) is 2.97. The summed E-state index contributed by atoms with van der Waals surface area (Å²) in [6.45, 7) is 1.95. The van der Waals surface area contributed by atoms with Gasteiger partial charge in [-0.1, -0.05) is 0 Å². The predicted octanol–water partition coefficient (Wildman–Crippen LogP) is 2.85. The number of rotatable bonds is 3. The number of hydrogen-bond acceptors (Lipinski definition) is 4. The molecule has 1 aromatic heterocycles. The van der Waals surface area contributed by atoms with Crippen molar-refractivity contribution in [2.75, 3.05) is 21.3 Å². The molecule has 0 aliphatic rings. The summed E-state index contributed by atoms with van der Waals surface area (Å²) in [5.41, 5.74) is 0.978. The maximum atomic E-state index is 12.1. The standard InChI is InChI=1S/C13H15NO3S/c1-8-10-6-5-9(16-3)7-11(10)18-12(8)13(15)14(2)17-4/h5-7H,1-4H3. The predicted molar refractivity (Wildman–Crippen MR) is 72.2 cm³/mol. The van der Waals surface area contributed by atoms with Crippen LogP contribution in [-0.4, -0.2) is 32.2 Å². The fraction of sp³-hybridized carbons (Fsp3) is 0.308. The Hall–Kier alpha value is -1.59. The van der Waals surface area contributed by atoms with E-state index in [1.165, 1.54) is 23.5 Å². The molecule has 0 fully saturated rings. The lowest BCUT2D eigenvalue weighted by Gasteiger charge is -2.12. The van der Waals surface area contributed by atoms with Crippen molar-refractivity contribution in [2.45, 2.75) is 6.92 Å². The van der Waals surface area contributed by atoms with E-state index in [-0.39, 0.29) is 5.91 Å². The summed E-state index contributed by atoms with van der Waals surface area (Å²) in [6.07, 6.45) is 0. The minimum atomic E-state index is -0.129. The van der Waals surface area contributed by atoms with Crippen LogP contribution >= 0.6 is 11.3 Å². The number of fused-ring (bicyclic) bond motifs is 1. The van der Waals surface area contributed by atoms with Crippen LogP contribution in [0.4, 0.5) is 0 Å². The van der Waals surface area contributed by atoms with Crippen LogP contribution in [-0.2, 0) is 4.84 Å². The van der Waals surface area contributed by atoms with E-state index in [4.69, 9.17) is 9.57 Å². The number of hydroxylamine groups is 2. The number of carbonyl (C=O) groups is 1. The molecule has 5 heteroatoms. The van der Waals surface area contributed by atoms with Gasteiger partial charge in [-0.05, 0) is 36.1 Å². The number of methoxy groups -OCH3 is 1. The van der Waals surface area contributed by atoms with Crippen LogP contribution in [0.3, 0.4) is 0 Å². The van der Waals surface area contributed by atoms with Gasteiger partial charge in [-0.2, -0.15) is 0 Å². The molecule has 1 amide bonds. The molecular formula is C13H15NO3S. The minimum Gasteiger partial charge on any atom is -0.497 e. The molecule has 18 heavy (non-hydrogen) atoms. The Morgan fingerprint density at radius 2 is 2.06 bits per heavy atom. The van der Waals surface area contributed by atoms with Gasteiger partial charge < -0.3 is 4.74 Å². The molecule has 1 heterocycles. The number of thiophene rings is 1. The van der Waals surface area contributed by atoms with Crippen molar-refractivity contribution in [3.05, 3.63) is 28.6 Å². The second-order valence-corrected chi connectivity index (χ2v) is 4.96. The van der Waals surface area contributed by atoms with Gasteiger partial charge in [0, 0.05) is 11.7 Å². The molecule has 1 aromatic carbocycles. The van der Waals surface area contributed by atoms with Gasteiger partial charge in [-0.3, -0.25) is 9.63 Å². The minimum absolute atomic E-state index is 0.129. The van der Waals surface area contributed by atoms with Gasteiger partial charge in [-0.15, -0.1) is 11.3 Å². The molecule has 0 bridgehead atoms. The van der Waals surface area contributed by atoms with E-state index in [2.05, 4.69) is 0 Å². The van der Waals surface area contributed by atoms with Crippen LogP contribution in [0.1, 0.15) is 15.2 Å². The SMILES string of the molecule is COc1ccc2c(C)c(C(=O)N(C)OC)sc2c1. The maximum Gasteiger partial charge on any atom is 0.287 e. The third kappa shape index (κ3) is 2.07. The highest BCUT2D eigenvalue weighted by atomic mass is 32.1. The zero-order valence-corrected chi connectivity index (χ0v) is 11.6. The van der Waals surface area contributed by atoms with E-state index in [0.717, 1.165) is 21.4 Å². The summed E-state index contributed by atoms with van der Waals surface area (Å²) >= 11 is 1.45. The van der Waals surface area contributed by atoms with Gasteiger partial charge in [0.2, 0.25) is 0 Å². The van der Waals surface area contributed by atoms with Crippen molar-refractivity contribution in [2.24, 2.45) is 0 Å². The molecule has 2 aromatic rings. The fourth-order valence-electron chi connectivity index (χ4n) is 1.76. The van der Waals surface area contributed by atoms with Crippen molar-refractivity contribution < 1.29 is 14.4 Å². The highest BCUT2D eigenvalue weighted by Gasteiger charge is 2.19. The Labute approximate surface area is 110 Å². The zero-order valence-electron chi connectivity index (χ0n) is 10.8. The Bertz CT molecular complexity index is 591. The van der Waals surface area contributed by atoms with Crippen molar-refractivity contribution in [1.82, 2.24) is 5.06 Å².